The van der Waals surface area contributed by atoms with Crippen LogP contribution in [0.2, 0.25) is 5.15 Å². The monoisotopic (exact) mass is 333 g/mol. The second-order valence-corrected chi connectivity index (χ2v) is 6.88. The minimum atomic E-state index is -3.94. The van der Waals surface area contributed by atoms with Gasteiger partial charge < -0.3 is 5.11 Å². The number of hydrogen-bond acceptors (Lipinski definition) is 4. The highest BCUT2D eigenvalue weighted by molar-refractivity contribution is 7.90. The molecule has 116 valence electrons. The van der Waals surface area contributed by atoms with Gasteiger partial charge in [0.2, 0.25) is 0 Å². The molecule has 1 unspecified atom stereocenters. The molecule has 1 saturated heterocycles. The SMILES string of the molecule is Cc1cc(NS(=O)(=O)N2CCCCC2C(=O)O)cnc1Cl. The van der Waals surface area contributed by atoms with Crippen LogP contribution < -0.4 is 4.72 Å². The second kappa shape index (κ2) is 6.17. The Morgan fingerprint density at radius 1 is 1.52 bits per heavy atom. The zero-order valence-corrected chi connectivity index (χ0v) is 13.0. The van der Waals surface area contributed by atoms with Gasteiger partial charge in [-0.3, -0.25) is 9.52 Å². The molecule has 1 atom stereocenters. The van der Waals surface area contributed by atoms with Crippen molar-refractivity contribution in [1.29, 1.82) is 0 Å². The maximum Gasteiger partial charge on any atom is 0.322 e. The Labute approximate surface area is 128 Å². The smallest absolute Gasteiger partial charge is 0.322 e. The molecule has 0 aliphatic carbocycles. The van der Waals surface area contributed by atoms with Crippen molar-refractivity contribution in [3.63, 3.8) is 0 Å². The van der Waals surface area contributed by atoms with E-state index in [9.17, 15) is 13.2 Å². The van der Waals surface area contributed by atoms with Crippen LogP contribution in [0.4, 0.5) is 5.69 Å². The average Bonchev–Trinajstić information content (AvgIpc) is 2.42. The van der Waals surface area contributed by atoms with Gasteiger partial charge in [-0.15, -0.1) is 0 Å². The van der Waals surface area contributed by atoms with E-state index in [2.05, 4.69) is 9.71 Å². The van der Waals surface area contributed by atoms with Crippen LogP contribution in [0, 0.1) is 6.92 Å². The number of carbonyl (C=O) groups is 1. The number of aryl methyl sites for hydroxylation is 1. The van der Waals surface area contributed by atoms with Gasteiger partial charge in [-0.2, -0.15) is 12.7 Å². The first-order valence-electron chi connectivity index (χ1n) is 6.46. The standard InChI is InChI=1S/C12H16ClN3O4S/c1-8-6-9(7-14-11(8)13)15-21(19,20)16-5-3-2-4-10(16)12(17)18/h6-7,10,15H,2-5H2,1H3,(H,17,18). The van der Waals surface area contributed by atoms with Crippen molar-refractivity contribution in [2.45, 2.75) is 32.2 Å². The summed E-state index contributed by atoms with van der Waals surface area (Å²) in [6.07, 6.45) is 2.95. The molecule has 1 aromatic heterocycles. The predicted molar refractivity (Wildman–Crippen MR) is 78.5 cm³/mol. The number of hydrogen-bond donors (Lipinski definition) is 2. The molecule has 0 spiro atoms. The van der Waals surface area contributed by atoms with Gasteiger partial charge in [0, 0.05) is 6.54 Å². The Morgan fingerprint density at radius 3 is 2.86 bits per heavy atom. The van der Waals surface area contributed by atoms with Crippen LogP contribution in [0.25, 0.3) is 0 Å². The quantitative estimate of drug-likeness (QED) is 0.816. The van der Waals surface area contributed by atoms with Gasteiger partial charge in [0.15, 0.2) is 0 Å². The Morgan fingerprint density at radius 2 is 2.24 bits per heavy atom. The number of nitrogens with zero attached hydrogens (tertiary/aromatic N) is 2. The molecule has 1 aliphatic rings. The Hall–Kier alpha value is -1.38. The number of rotatable bonds is 4. The summed E-state index contributed by atoms with van der Waals surface area (Å²) in [5.74, 6) is -1.13. The largest absolute Gasteiger partial charge is 0.480 e. The fourth-order valence-corrected chi connectivity index (χ4v) is 3.79. The lowest BCUT2D eigenvalue weighted by Gasteiger charge is -2.31. The van der Waals surface area contributed by atoms with Crippen molar-refractivity contribution >= 4 is 33.5 Å². The molecule has 1 aliphatic heterocycles. The van der Waals surface area contributed by atoms with Crippen molar-refractivity contribution in [1.82, 2.24) is 9.29 Å². The van der Waals surface area contributed by atoms with Gasteiger partial charge in [0.25, 0.3) is 0 Å². The molecule has 0 bridgehead atoms. The third kappa shape index (κ3) is 3.63. The molecule has 0 saturated carbocycles. The molecular weight excluding hydrogens is 318 g/mol. The first kappa shape index (κ1) is 16.0. The molecule has 0 aromatic carbocycles. The number of anilines is 1. The number of halogens is 1. The molecule has 2 rings (SSSR count). The fraction of sp³-hybridized carbons (Fsp3) is 0.500. The van der Waals surface area contributed by atoms with Crippen molar-refractivity contribution in [3.8, 4) is 0 Å². The summed E-state index contributed by atoms with van der Waals surface area (Å²) in [6, 6.07) is 0.518. The van der Waals surface area contributed by atoms with Crippen LogP contribution in [-0.4, -0.2) is 41.4 Å². The van der Waals surface area contributed by atoms with Crippen LogP contribution in [-0.2, 0) is 15.0 Å². The van der Waals surface area contributed by atoms with Gasteiger partial charge in [0.05, 0.1) is 11.9 Å². The van der Waals surface area contributed by atoms with Crippen LogP contribution in [0.15, 0.2) is 12.3 Å². The zero-order chi connectivity index (χ0) is 15.6. The molecule has 21 heavy (non-hydrogen) atoms. The molecule has 0 radical (unpaired) electrons. The number of nitrogens with one attached hydrogen (secondary N) is 1. The summed E-state index contributed by atoms with van der Waals surface area (Å²) >= 11 is 5.79. The molecule has 9 heteroatoms. The van der Waals surface area contributed by atoms with Crippen molar-refractivity contribution in [2.75, 3.05) is 11.3 Å². The van der Waals surface area contributed by atoms with Crippen LogP contribution >= 0.6 is 11.6 Å². The van der Waals surface area contributed by atoms with Gasteiger partial charge >= 0.3 is 16.2 Å². The average molecular weight is 334 g/mol. The third-order valence-corrected chi connectivity index (χ3v) is 5.25. The highest BCUT2D eigenvalue weighted by Crippen LogP contribution is 2.23. The van der Waals surface area contributed by atoms with E-state index >= 15 is 0 Å². The van der Waals surface area contributed by atoms with E-state index in [0.29, 0.717) is 30.0 Å². The lowest BCUT2D eigenvalue weighted by atomic mass is 10.1. The molecule has 1 fully saturated rings. The number of carboxylic acid groups (broad SMARTS) is 1. The van der Waals surface area contributed by atoms with E-state index in [-0.39, 0.29) is 12.2 Å². The Bertz CT molecular complexity index is 650. The third-order valence-electron chi connectivity index (χ3n) is 3.31. The second-order valence-electron chi connectivity index (χ2n) is 4.90. The summed E-state index contributed by atoms with van der Waals surface area (Å²) in [7, 11) is -3.94. The number of piperidine rings is 1. The van der Waals surface area contributed by atoms with E-state index in [0.717, 1.165) is 4.31 Å². The van der Waals surface area contributed by atoms with E-state index in [1.807, 2.05) is 0 Å². The highest BCUT2D eigenvalue weighted by Gasteiger charge is 2.36. The first-order valence-corrected chi connectivity index (χ1v) is 8.27. The van der Waals surface area contributed by atoms with Crippen LogP contribution in [0.1, 0.15) is 24.8 Å². The van der Waals surface area contributed by atoms with E-state index in [1.165, 1.54) is 6.20 Å². The summed E-state index contributed by atoms with van der Waals surface area (Å²) in [4.78, 5) is 15.1. The number of carboxylic acids is 1. The van der Waals surface area contributed by atoms with Crippen LogP contribution in [0.3, 0.4) is 0 Å². The topological polar surface area (TPSA) is 99.6 Å². The molecule has 2 N–H and O–H groups in total. The molecule has 0 amide bonds. The van der Waals surface area contributed by atoms with Crippen LogP contribution in [0.5, 0.6) is 0 Å². The molecule has 7 nitrogen and oxygen atoms in total. The normalized spacial score (nSPS) is 20.2. The van der Waals surface area contributed by atoms with Crippen molar-refractivity contribution < 1.29 is 18.3 Å². The Kier molecular flexibility index (Phi) is 4.70. The minimum absolute atomic E-state index is 0.187. The zero-order valence-electron chi connectivity index (χ0n) is 11.4. The fourth-order valence-electron chi connectivity index (χ4n) is 2.26. The summed E-state index contributed by atoms with van der Waals surface area (Å²) in [5.41, 5.74) is 0.886. The van der Waals surface area contributed by atoms with E-state index in [1.54, 1.807) is 13.0 Å². The van der Waals surface area contributed by atoms with E-state index < -0.39 is 22.2 Å². The van der Waals surface area contributed by atoms with Crippen molar-refractivity contribution in [2.24, 2.45) is 0 Å². The maximum atomic E-state index is 12.4. The number of aliphatic carboxylic acids is 1. The molecule has 2 heterocycles. The Balaban J connectivity index is 2.23. The first-order chi connectivity index (χ1) is 9.81. The number of aromatic nitrogens is 1. The number of pyridine rings is 1. The minimum Gasteiger partial charge on any atom is -0.480 e. The van der Waals surface area contributed by atoms with Crippen molar-refractivity contribution in [3.05, 3.63) is 23.0 Å². The summed E-state index contributed by atoms with van der Waals surface area (Å²) < 4.78 is 28.1. The molecule has 1 aromatic rings. The maximum absolute atomic E-state index is 12.4. The lowest BCUT2D eigenvalue weighted by molar-refractivity contribution is -0.142. The van der Waals surface area contributed by atoms with E-state index in [4.69, 9.17) is 16.7 Å². The van der Waals surface area contributed by atoms with Gasteiger partial charge in [-0.05, 0) is 37.8 Å². The highest BCUT2D eigenvalue weighted by atomic mass is 35.5. The van der Waals surface area contributed by atoms with Gasteiger partial charge in [-0.1, -0.05) is 11.6 Å². The molecular formula is C12H16ClN3O4S. The van der Waals surface area contributed by atoms with Gasteiger partial charge in [0.1, 0.15) is 11.2 Å². The van der Waals surface area contributed by atoms with Gasteiger partial charge in [-0.25, -0.2) is 4.98 Å². The summed E-state index contributed by atoms with van der Waals surface area (Å²) in [5, 5.41) is 9.45. The lowest BCUT2D eigenvalue weighted by Crippen LogP contribution is -2.49. The predicted octanol–water partition coefficient (Wildman–Crippen LogP) is 1.64. The summed E-state index contributed by atoms with van der Waals surface area (Å²) in [6.45, 7) is 1.89.